The molecule has 4 rings (SSSR count). The summed E-state index contributed by atoms with van der Waals surface area (Å²) in [6, 6.07) is 11.1. The van der Waals surface area contributed by atoms with E-state index >= 15 is 0 Å². The minimum absolute atomic E-state index is 0.0159. The SMILES string of the molecule is COc1ccc(OC(F)(F)F)cc1-c1ccc2c(c1)CN(C(=O)Cn1cnc(C#N)n1)C2. The molecule has 8 nitrogen and oxygen atoms in total. The third kappa shape index (κ3) is 4.49. The first-order chi connectivity index (χ1) is 15.3. The monoisotopic (exact) mass is 443 g/mol. The first-order valence-corrected chi connectivity index (χ1v) is 9.39. The van der Waals surface area contributed by atoms with Gasteiger partial charge in [0.05, 0.1) is 7.11 Å². The van der Waals surface area contributed by atoms with Crippen molar-refractivity contribution in [3.63, 3.8) is 0 Å². The minimum Gasteiger partial charge on any atom is -0.496 e. The van der Waals surface area contributed by atoms with E-state index in [-0.39, 0.29) is 24.0 Å². The molecule has 11 heteroatoms. The fourth-order valence-corrected chi connectivity index (χ4v) is 3.51. The smallest absolute Gasteiger partial charge is 0.496 e. The second-order valence-electron chi connectivity index (χ2n) is 7.02. The topological polar surface area (TPSA) is 93.3 Å². The number of benzene rings is 2. The van der Waals surface area contributed by atoms with Gasteiger partial charge in [0.1, 0.15) is 30.4 Å². The molecule has 0 N–H and O–H groups in total. The Morgan fingerprint density at radius 1 is 1.19 bits per heavy atom. The summed E-state index contributed by atoms with van der Waals surface area (Å²) >= 11 is 0. The Labute approximate surface area is 180 Å². The number of fused-ring (bicyclic) bond motifs is 1. The molecule has 1 aliphatic rings. The average molecular weight is 443 g/mol. The molecular formula is C21H16F3N5O3. The summed E-state index contributed by atoms with van der Waals surface area (Å²) in [4.78, 5) is 18.0. The number of carbonyl (C=O) groups excluding carboxylic acids is 1. The molecule has 1 amide bonds. The quantitative estimate of drug-likeness (QED) is 0.601. The molecule has 2 aromatic carbocycles. The zero-order valence-corrected chi connectivity index (χ0v) is 16.8. The van der Waals surface area contributed by atoms with Crippen LogP contribution in [0.25, 0.3) is 11.1 Å². The molecule has 0 saturated heterocycles. The number of hydrogen-bond acceptors (Lipinski definition) is 6. The number of amides is 1. The van der Waals surface area contributed by atoms with Crippen LogP contribution >= 0.6 is 0 Å². The molecule has 2 heterocycles. The van der Waals surface area contributed by atoms with E-state index in [4.69, 9.17) is 10.00 Å². The van der Waals surface area contributed by atoms with E-state index in [1.165, 1.54) is 36.3 Å². The van der Waals surface area contributed by atoms with E-state index in [9.17, 15) is 18.0 Å². The van der Waals surface area contributed by atoms with Gasteiger partial charge in [-0.05, 0) is 41.0 Å². The van der Waals surface area contributed by atoms with Gasteiger partial charge in [-0.3, -0.25) is 4.79 Å². The van der Waals surface area contributed by atoms with Crippen LogP contribution in [0, 0.1) is 11.3 Å². The van der Waals surface area contributed by atoms with Crippen molar-refractivity contribution in [1.29, 1.82) is 5.26 Å². The number of halogens is 3. The summed E-state index contributed by atoms with van der Waals surface area (Å²) < 4.78 is 48.5. The van der Waals surface area contributed by atoms with Crippen molar-refractivity contribution < 1.29 is 27.4 Å². The van der Waals surface area contributed by atoms with E-state index in [1.807, 2.05) is 12.1 Å². The van der Waals surface area contributed by atoms with E-state index < -0.39 is 6.36 Å². The lowest BCUT2D eigenvalue weighted by Crippen LogP contribution is -2.29. The van der Waals surface area contributed by atoms with Crippen LogP contribution < -0.4 is 9.47 Å². The number of carbonyl (C=O) groups is 1. The predicted molar refractivity (Wildman–Crippen MR) is 104 cm³/mol. The Morgan fingerprint density at radius 3 is 2.66 bits per heavy atom. The highest BCUT2D eigenvalue weighted by Gasteiger charge is 2.31. The summed E-state index contributed by atoms with van der Waals surface area (Å²) in [5.41, 5.74) is 2.88. The lowest BCUT2D eigenvalue weighted by Gasteiger charge is -2.15. The highest BCUT2D eigenvalue weighted by atomic mass is 19.4. The third-order valence-corrected chi connectivity index (χ3v) is 4.93. The molecule has 0 unspecified atom stereocenters. The maximum atomic E-state index is 12.6. The maximum absolute atomic E-state index is 12.6. The van der Waals surface area contributed by atoms with E-state index in [0.717, 1.165) is 11.1 Å². The second-order valence-corrected chi connectivity index (χ2v) is 7.02. The molecule has 32 heavy (non-hydrogen) atoms. The molecule has 0 bridgehead atoms. The van der Waals surface area contributed by atoms with Crippen LogP contribution in [0.3, 0.4) is 0 Å². The Balaban J connectivity index is 1.54. The lowest BCUT2D eigenvalue weighted by atomic mass is 9.99. The van der Waals surface area contributed by atoms with Crippen molar-refractivity contribution in [3.8, 4) is 28.7 Å². The standard InChI is InChI=1S/C21H16F3N5O3/c1-31-18-5-4-16(32-21(22,23)24)7-17(18)13-2-3-14-9-28(10-15(14)6-13)20(30)11-29-12-26-19(8-25)27-29/h2-7,12H,9-11H2,1H3. The number of rotatable bonds is 5. The Kier molecular flexibility index (Phi) is 5.44. The largest absolute Gasteiger partial charge is 0.573 e. The average Bonchev–Trinajstić information content (AvgIpc) is 3.38. The van der Waals surface area contributed by atoms with Crippen molar-refractivity contribution in [2.75, 3.05) is 7.11 Å². The normalized spacial score (nSPS) is 12.9. The van der Waals surface area contributed by atoms with E-state index in [1.54, 1.807) is 17.0 Å². The highest BCUT2D eigenvalue weighted by molar-refractivity contribution is 5.78. The van der Waals surface area contributed by atoms with Crippen LogP contribution in [0.2, 0.25) is 0 Å². The molecule has 164 valence electrons. The van der Waals surface area contributed by atoms with Crippen LogP contribution in [0.5, 0.6) is 11.5 Å². The molecular weight excluding hydrogens is 427 g/mol. The zero-order chi connectivity index (χ0) is 22.9. The molecule has 0 saturated carbocycles. The number of methoxy groups -OCH3 is 1. The van der Waals surface area contributed by atoms with Crippen molar-refractivity contribution in [3.05, 3.63) is 59.7 Å². The van der Waals surface area contributed by atoms with Gasteiger partial charge in [0.2, 0.25) is 5.91 Å². The zero-order valence-electron chi connectivity index (χ0n) is 16.8. The van der Waals surface area contributed by atoms with Crippen molar-refractivity contribution in [2.24, 2.45) is 0 Å². The maximum Gasteiger partial charge on any atom is 0.573 e. The van der Waals surface area contributed by atoms with Crippen LogP contribution in [0.1, 0.15) is 17.0 Å². The van der Waals surface area contributed by atoms with Crippen molar-refractivity contribution in [2.45, 2.75) is 26.0 Å². The molecule has 0 fully saturated rings. The minimum atomic E-state index is -4.80. The molecule has 1 aromatic heterocycles. The number of aromatic nitrogens is 3. The van der Waals surface area contributed by atoms with E-state index in [2.05, 4.69) is 14.8 Å². The van der Waals surface area contributed by atoms with Gasteiger partial charge < -0.3 is 14.4 Å². The van der Waals surface area contributed by atoms with Crippen LogP contribution in [-0.4, -0.2) is 39.0 Å². The van der Waals surface area contributed by atoms with E-state index in [0.29, 0.717) is 30.0 Å². The van der Waals surface area contributed by atoms with Gasteiger partial charge in [-0.15, -0.1) is 18.3 Å². The summed E-state index contributed by atoms with van der Waals surface area (Å²) in [6.07, 6.45) is -3.48. The number of nitrogens with zero attached hydrogens (tertiary/aromatic N) is 5. The summed E-state index contributed by atoms with van der Waals surface area (Å²) in [5, 5.41) is 12.7. The van der Waals surface area contributed by atoms with Gasteiger partial charge in [-0.1, -0.05) is 12.1 Å². The second kappa shape index (κ2) is 8.22. The van der Waals surface area contributed by atoms with Gasteiger partial charge in [0, 0.05) is 18.7 Å². The Hall–Kier alpha value is -4.07. The number of alkyl halides is 3. The molecule has 0 spiro atoms. The summed E-state index contributed by atoms with van der Waals surface area (Å²) in [5.74, 6) is -0.173. The Bertz CT molecular complexity index is 1220. The lowest BCUT2D eigenvalue weighted by molar-refractivity contribution is -0.274. The first kappa shape index (κ1) is 21.2. The van der Waals surface area contributed by atoms with Crippen LogP contribution in [-0.2, 0) is 24.4 Å². The molecule has 1 aliphatic heterocycles. The fraction of sp³-hybridized carbons (Fsp3) is 0.238. The fourth-order valence-electron chi connectivity index (χ4n) is 3.51. The van der Waals surface area contributed by atoms with Gasteiger partial charge >= 0.3 is 6.36 Å². The Morgan fingerprint density at radius 2 is 1.97 bits per heavy atom. The van der Waals surface area contributed by atoms with Gasteiger partial charge in [0.25, 0.3) is 5.82 Å². The molecule has 3 aromatic rings. The first-order valence-electron chi connectivity index (χ1n) is 9.39. The highest BCUT2D eigenvalue weighted by Crippen LogP contribution is 2.37. The summed E-state index contributed by atoms with van der Waals surface area (Å²) in [7, 11) is 1.43. The van der Waals surface area contributed by atoms with Crippen LogP contribution in [0.15, 0.2) is 42.7 Å². The number of ether oxygens (including phenoxy) is 2. The van der Waals surface area contributed by atoms with Gasteiger partial charge in [-0.2, -0.15) is 5.26 Å². The number of nitriles is 1. The van der Waals surface area contributed by atoms with Crippen molar-refractivity contribution in [1.82, 2.24) is 19.7 Å². The molecule has 0 aliphatic carbocycles. The van der Waals surface area contributed by atoms with Gasteiger partial charge in [0.15, 0.2) is 0 Å². The molecule has 0 radical (unpaired) electrons. The third-order valence-electron chi connectivity index (χ3n) is 4.93. The number of hydrogen-bond donors (Lipinski definition) is 0. The predicted octanol–water partition coefficient (Wildman–Crippen LogP) is 3.27. The van der Waals surface area contributed by atoms with Gasteiger partial charge in [-0.25, -0.2) is 9.67 Å². The summed E-state index contributed by atoms with van der Waals surface area (Å²) in [6.45, 7) is 0.672. The molecule has 0 atom stereocenters. The van der Waals surface area contributed by atoms with Crippen LogP contribution in [0.4, 0.5) is 13.2 Å². The van der Waals surface area contributed by atoms with Crippen molar-refractivity contribution >= 4 is 5.91 Å².